The molecular formula is C18H30N2O. The van der Waals surface area contributed by atoms with Crippen molar-refractivity contribution in [2.75, 3.05) is 33.3 Å². The number of likely N-dealkylation sites (N-methyl/N-ethyl adjacent to an activating group) is 1. The van der Waals surface area contributed by atoms with E-state index in [2.05, 4.69) is 42.3 Å². The Hall–Kier alpha value is -1.06. The second-order valence-electron chi connectivity index (χ2n) is 6.36. The Kier molecular flexibility index (Phi) is 6.07. The van der Waals surface area contributed by atoms with Gasteiger partial charge >= 0.3 is 0 Å². The molecule has 1 N–H and O–H groups in total. The summed E-state index contributed by atoms with van der Waals surface area (Å²) in [5, 5.41) is 3.47. The molecule has 1 fully saturated rings. The molecule has 118 valence electrons. The molecule has 21 heavy (non-hydrogen) atoms. The molecule has 0 bridgehead atoms. The Morgan fingerprint density at radius 1 is 1.33 bits per heavy atom. The minimum atomic E-state index is 0.332. The molecule has 3 heteroatoms. The molecule has 0 saturated carbocycles. The summed E-state index contributed by atoms with van der Waals surface area (Å²) in [5.74, 6) is 2.65. The molecule has 1 heterocycles. The average Bonchev–Trinajstić information content (AvgIpc) is 2.95. The Morgan fingerprint density at radius 2 is 2.10 bits per heavy atom. The quantitative estimate of drug-likeness (QED) is 0.833. The third kappa shape index (κ3) is 4.21. The summed E-state index contributed by atoms with van der Waals surface area (Å²) >= 11 is 0. The van der Waals surface area contributed by atoms with Gasteiger partial charge in [0.05, 0.1) is 6.61 Å². The highest BCUT2D eigenvalue weighted by Crippen LogP contribution is 2.29. The number of nitrogens with one attached hydrogen (secondary N) is 1. The maximum Gasteiger partial charge on any atom is 0.124 e. The van der Waals surface area contributed by atoms with Crippen molar-refractivity contribution in [2.45, 2.75) is 33.2 Å². The van der Waals surface area contributed by atoms with E-state index in [0.29, 0.717) is 12.6 Å². The zero-order valence-electron chi connectivity index (χ0n) is 13.9. The minimum absolute atomic E-state index is 0.332. The molecule has 2 atom stereocenters. The highest BCUT2D eigenvalue weighted by Gasteiger charge is 2.27. The van der Waals surface area contributed by atoms with Gasteiger partial charge in [-0.3, -0.25) is 0 Å². The monoisotopic (exact) mass is 290 g/mol. The first-order valence-electron chi connectivity index (χ1n) is 8.27. The van der Waals surface area contributed by atoms with E-state index in [0.717, 1.165) is 24.1 Å². The molecule has 1 aromatic carbocycles. The van der Waals surface area contributed by atoms with Crippen LogP contribution < -0.4 is 10.1 Å². The van der Waals surface area contributed by atoms with Crippen LogP contribution in [0.2, 0.25) is 0 Å². The van der Waals surface area contributed by atoms with Gasteiger partial charge in [-0.25, -0.2) is 0 Å². The maximum atomic E-state index is 5.79. The largest absolute Gasteiger partial charge is 0.494 e. The van der Waals surface area contributed by atoms with Crippen LogP contribution >= 0.6 is 0 Å². The molecule has 0 radical (unpaired) electrons. The predicted molar refractivity (Wildman–Crippen MR) is 88.8 cm³/mol. The van der Waals surface area contributed by atoms with Crippen molar-refractivity contribution in [1.82, 2.24) is 10.2 Å². The van der Waals surface area contributed by atoms with E-state index in [4.69, 9.17) is 4.74 Å². The predicted octanol–water partition coefficient (Wildman–Crippen LogP) is 3.32. The van der Waals surface area contributed by atoms with E-state index in [1.54, 1.807) is 0 Å². The van der Waals surface area contributed by atoms with Crippen LogP contribution in [0, 0.1) is 11.8 Å². The van der Waals surface area contributed by atoms with Gasteiger partial charge in [0.2, 0.25) is 0 Å². The van der Waals surface area contributed by atoms with Crippen LogP contribution in [-0.2, 0) is 0 Å². The summed E-state index contributed by atoms with van der Waals surface area (Å²) in [5.41, 5.74) is 1.27. The van der Waals surface area contributed by atoms with Gasteiger partial charge in [-0.05, 0) is 44.8 Å². The first-order valence-corrected chi connectivity index (χ1v) is 8.27. The van der Waals surface area contributed by atoms with Crippen molar-refractivity contribution >= 4 is 0 Å². The third-order valence-electron chi connectivity index (χ3n) is 4.64. The fourth-order valence-corrected chi connectivity index (χ4v) is 3.23. The fraction of sp³-hybridized carbons (Fsp3) is 0.667. The lowest BCUT2D eigenvalue weighted by Crippen LogP contribution is -2.33. The molecule has 1 aliphatic heterocycles. The number of rotatable bonds is 7. The first kappa shape index (κ1) is 16.3. The van der Waals surface area contributed by atoms with Crippen LogP contribution in [0.4, 0.5) is 0 Å². The van der Waals surface area contributed by atoms with Crippen LogP contribution in [0.3, 0.4) is 0 Å². The van der Waals surface area contributed by atoms with Crippen LogP contribution in [0.25, 0.3) is 0 Å². The van der Waals surface area contributed by atoms with Crippen molar-refractivity contribution in [3.63, 3.8) is 0 Å². The van der Waals surface area contributed by atoms with Crippen LogP contribution in [0.1, 0.15) is 38.8 Å². The lowest BCUT2D eigenvalue weighted by Gasteiger charge is -2.26. The van der Waals surface area contributed by atoms with Crippen molar-refractivity contribution in [1.29, 1.82) is 0 Å². The third-order valence-corrected chi connectivity index (χ3v) is 4.64. The van der Waals surface area contributed by atoms with Crippen molar-refractivity contribution < 1.29 is 4.74 Å². The van der Waals surface area contributed by atoms with E-state index in [1.165, 1.54) is 25.1 Å². The average molecular weight is 290 g/mol. The molecule has 2 rings (SSSR count). The number of hydrogen-bond acceptors (Lipinski definition) is 3. The van der Waals surface area contributed by atoms with E-state index < -0.39 is 0 Å². The lowest BCUT2D eigenvalue weighted by atomic mass is 9.95. The summed E-state index contributed by atoms with van der Waals surface area (Å²) in [6, 6.07) is 8.74. The number of hydrogen-bond donors (Lipinski definition) is 1. The van der Waals surface area contributed by atoms with Gasteiger partial charge in [-0.2, -0.15) is 0 Å². The number of ether oxygens (including phenoxy) is 1. The van der Waals surface area contributed by atoms with Gasteiger partial charge in [0.25, 0.3) is 0 Å². The second-order valence-corrected chi connectivity index (χ2v) is 6.36. The SMILES string of the molecule is CCOc1ccccc1C(CN1CCC(C(C)C)C1)NC. The highest BCUT2D eigenvalue weighted by molar-refractivity contribution is 5.36. The lowest BCUT2D eigenvalue weighted by molar-refractivity contribution is 0.269. The molecule has 3 nitrogen and oxygen atoms in total. The van der Waals surface area contributed by atoms with E-state index in [-0.39, 0.29) is 0 Å². The van der Waals surface area contributed by atoms with Gasteiger partial charge in [0.1, 0.15) is 5.75 Å². The smallest absolute Gasteiger partial charge is 0.124 e. The van der Waals surface area contributed by atoms with E-state index >= 15 is 0 Å². The number of likely N-dealkylation sites (tertiary alicyclic amines) is 1. The second kappa shape index (κ2) is 7.81. The summed E-state index contributed by atoms with van der Waals surface area (Å²) in [4.78, 5) is 2.59. The van der Waals surface area contributed by atoms with Crippen molar-refractivity contribution in [3.8, 4) is 5.75 Å². The molecular weight excluding hydrogens is 260 g/mol. The van der Waals surface area contributed by atoms with Crippen LogP contribution in [-0.4, -0.2) is 38.2 Å². The maximum absolute atomic E-state index is 5.79. The fourth-order valence-electron chi connectivity index (χ4n) is 3.23. The summed E-state index contributed by atoms with van der Waals surface area (Å²) in [6.45, 7) is 10.9. The molecule has 1 aromatic rings. The van der Waals surface area contributed by atoms with Crippen LogP contribution in [0.15, 0.2) is 24.3 Å². The van der Waals surface area contributed by atoms with Crippen molar-refractivity contribution in [3.05, 3.63) is 29.8 Å². The zero-order chi connectivity index (χ0) is 15.2. The first-order chi connectivity index (χ1) is 10.2. The standard InChI is InChI=1S/C18H30N2O/c1-5-21-18-9-7-6-8-16(18)17(19-4)13-20-11-10-15(12-20)14(2)3/h6-9,14-15,17,19H,5,10-13H2,1-4H3. The number of benzene rings is 1. The Balaban J connectivity index is 2.04. The molecule has 0 amide bonds. The topological polar surface area (TPSA) is 24.5 Å². The normalized spacial score (nSPS) is 20.9. The zero-order valence-corrected chi connectivity index (χ0v) is 13.9. The number of nitrogens with zero attached hydrogens (tertiary/aromatic N) is 1. The van der Waals surface area contributed by atoms with E-state index in [9.17, 15) is 0 Å². The van der Waals surface area contributed by atoms with Gasteiger partial charge in [-0.15, -0.1) is 0 Å². The summed E-state index contributed by atoms with van der Waals surface area (Å²) in [7, 11) is 2.05. The molecule has 0 spiro atoms. The van der Waals surface area contributed by atoms with E-state index in [1.807, 2.05) is 20.0 Å². The summed E-state index contributed by atoms with van der Waals surface area (Å²) < 4.78 is 5.79. The Labute approximate surface area is 129 Å². The molecule has 1 aliphatic rings. The van der Waals surface area contributed by atoms with Gasteiger partial charge in [0.15, 0.2) is 0 Å². The van der Waals surface area contributed by atoms with Crippen LogP contribution in [0.5, 0.6) is 5.75 Å². The minimum Gasteiger partial charge on any atom is -0.494 e. The van der Waals surface area contributed by atoms with Crippen molar-refractivity contribution in [2.24, 2.45) is 11.8 Å². The molecule has 0 aromatic heterocycles. The highest BCUT2D eigenvalue weighted by atomic mass is 16.5. The van der Waals surface area contributed by atoms with Gasteiger partial charge in [-0.1, -0.05) is 32.0 Å². The molecule has 2 unspecified atom stereocenters. The molecule has 1 saturated heterocycles. The Bertz CT molecular complexity index is 433. The molecule has 0 aliphatic carbocycles. The van der Waals surface area contributed by atoms with Gasteiger partial charge < -0.3 is 15.0 Å². The Morgan fingerprint density at radius 3 is 2.71 bits per heavy atom. The summed E-state index contributed by atoms with van der Waals surface area (Å²) in [6.07, 6.45) is 1.33. The number of para-hydroxylation sites is 1. The van der Waals surface area contributed by atoms with Gasteiger partial charge in [0, 0.05) is 24.7 Å².